The first-order valence-corrected chi connectivity index (χ1v) is 8.66. The average molecular weight is 292 g/mol. The molecule has 3 atom stereocenters. The molecule has 0 radical (unpaired) electrons. The SMILES string of the molecule is Cc1cnc(C(N)C2CCOC3(CCSC3)C2)c(C)c1. The highest BCUT2D eigenvalue weighted by Gasteiger charge is 2.42. The first-order chi connectivity index (χ1) is 9.60. The predicted molar refractivity (Wildman–Crippen MR) is 84.0 cm³/mol. The van der Waals surface area contributed by atoms with Gasteiger partial charge in [0.25, 0.3) is 0 Å². The molecule has 2 fully saturated rings. The number of hydrogen-bond acceptors (Lipinski definition) is 4. The van der Waals surface area contributed by atoms with E-state index in [9.17, 15) is 0 Å². The van der Waals surface area contributed by atoms with Crippen molar-refractivity contribution in [3.8, 4) is 0 Å². The number of ether oxygens (including phenoxy) is 1. The number of nitrogens with two attached hydrogens (primary N) is 1. The van der Waals surface area contributed by atoms with Crippen molar-refractivity contribution in [3.63, 3.8) is 0 Å². The van der Waals surface area contributed by atoms with Gasteiger partial charge in [0.15, 0.2) is 0 Å². The Hall–Kier alpha value is -0.580. The van der Waals surface area contributed by atoms with Crippen molar-refractivity contribution < 1.29 is 4.74 Å². The topological polar surface area (TPSA) is 48.1 Å². The number of aryl methyl sites for hydroxylation is 2. The summed E-state index contributed by atoms with van der Waals surface area (Å²) < 4.78 is 6.10. The highest BCUT2D eigenvalue weighted by atomic mass is 32.2. The number of nitrogens with zero attached hydrogens (tertiary/aromatic N) is 1. The standard InChI is InChI=1S/C16H24N2OS/c1-11-7-12(2)15(18-9-11)14(17)13-3-5-19-16(8-13)4-6-20-10-16/h7,9,13-14H,3-6,8,10,17H2,1-2H3. The van der Waals surface area contributed by atoms with Gasteiger partial charge in [-0.1, -0.05) is 6.07 Å². The fourth-order valence-electron chi connectivity index (χ4n) is 3.53. The zero-order valence-electron chi connectivity index (χ0n) is 12.4. The fourth-order valence-corrected chi connectivity index (χ4v) is 4.91. The Bertz CT molecular complexity index is 485. The van der Waals surface area contributed by atoms with E-state index >= 15 is 0 Å². The minimum atomic E-state index is 0.0435. The Morgan fingerprint density at radius 3 is 3.05 bits per heavy atom. The summed E-state index contributed by atoms with van der Waals surface area (Å²) in [7, 11) is 0. The third-order valence-electron chi connectivity index (χ3n) is 4.68. The summed E-state index contributed by atoms with van der Waals surface area (Å²) in [5.74, 6) is 2.86. The molecule has 0 aliphatic carbocycles. The van der Waals surface area contributed by atoms with Gasteiger partial charge in [-0.15, -0.1) is 0 Å². The number of thioether (sulfide) groups is 1. The van der Waals surface area contributed by atoms with Crippen LogP contribution in [0.4, 0.5) is 0 Å². The fraction of sp³-hybridized carbons (Fsp3) is 0.688. The number of aromatic nitrogens is 1. The molecule has 1 aromatic rings. The first kappa shape index (κ1) is 14.4. The largest absolute Gasteiger partial charge is 0.374 e. The Morgan fingerprint density at radius 2 is 2.35 bits per heavy atom. The van der Waals surface area contributed by atoms with E-state index in [1.165, 1.54) is 23.3 Å². The van der Waals surface area contributed by atoms with Crippen LogP contribution in [0.2, 0.25) is 0 Å². The van der Waals surface area contributed by atoms with Crippen molar-refractivity contribution in [2.45, 2.75) is 44.8 Å². The van der Waals surface area contributed by atoms with E-state index in [1.54, 1.807) is 0 Å². The second-order valence-corrected chi connectivity index (χ2v) is 7.43. The van der Waals surface area contributed by atoms with Gasteiger partial charge in [0, 0.05) is 18.6 Å². The van der Waals surface area contributed by atoms with E-state index in [0.29, 0.717) is 5.92 Å². The van der Waals surface area contributed by atoms with Gasteiger partial charge in [-0.3, -0.25) is 4.98 Å². The number of pyridine rings is 1. The smallest absolute Gasteiger partial charge is 0.0783 e. The second-order valence-electron chi connectivity index (χ2n) is 6.33. The maximum Gasteiger partial charge on any atom is 0.0783 e. The minimum Gasteiger partial charge on any atom is -0.374 e. The van der Waals surface area contributed by atoms with Crippen LogP contribution >= 0.6 is 11.8 Å². The van der Waals surface area contributed by atoms with E-state index < -0.39 is 0 Å². The lowest BCUT2D eigenvalue weighted by Gasteiger charge is -2.40. The summed E-state index contributed by atoms with van der Waals surface area (Å²) in [6.45, 7) is 5.05. The van der Waals surface area contributed by atoms with E-state index in [0.717, 1.165) is 30.9 Å². The molecule has 2 aliphatic rings. The monoisotopic (exact) mass is 292 g/mol. The highest BCUT2D eigenvalue weighted by molar-refractivity contribution is 7.99. The number of hydrogen-bond donors (Lipinski definition) is 1. The molecular formula is C16H24N2OS. The lowest BCUT2D eigenvalue weighted by atomic mass is 9.80. The van der Waals surface area contributed by atoms with E-state index in [1.807, 2.05) is 18.0 Å². The lowest BCUT2D eigenvalue weighted by Crippen LogP contribution is -2.43. The normalized spacial score (nSPS) is 31.6. The average Bonchev–Trinajstić information content (AvgIpc) is 2.86. The molecule has 3 heterocycles. The quantitative estimate of drug-likeness (QED) is 0.910. The molecule has 3 nitrogen and oxygen atoms in total. The molecule has 0 saturated carbocycles. The van der Waals surface area contributed by atoms with Gasteiger partial charge in [0.1, 0.15) is 0 Å². The molecule has 2 aliphatic heterocycles. The van der Waals surface area contributed by atoms with Crippen molar-refractivity contribution >= 4 is 11.8 Å². The molecule has 4 heteroatoms. The molecule has 0 amide bonds. The lowest BCUT2D eigenvalue weighted by molar-refractivity contribution is -0.0836. The van der Waals surface area contributed by atoms with Gasteiger partial charge in [0.05, 0.1) is 17.3 Å². The Kier molecular flexibility index (Phi) is 4.07. The predicted octanol–water partition coefficient (Wildman–Crippen LogP) is 3.00. The molecular weight excluding hydrogens is 268 g/mol. The van der Waals surface area contributed by atoms with Crippen molar-refractivity contribution in [1.29, 1.82) is 0 Å². The minimum absolute atomic E-state index is 0.0435. The molecule has 3 unspecified atom stereocenters. The van der Waals surface area contributed by atoms with E-state index in [4.69, 9.17) is 10.5 Å². The molecule has 1 aromatic heterocycles. The van der Waals surface area contributed by atoms with Crippen molar-refractivity contribution in [2.75, 3.05) is 18.1 Å². The summed E-state index contributed by atoms with van der Waals surface area (Å²) in [6, 6.07) is 2.23. The van der Waals surface area contributed by atoms with Crippen LogP contribution in [0, 0.1) is 19.8 Å². The van der Waals surface area contributed by atoms with Crippen LogP contribution < -0.4 is 5.73 Å². The molecule has 3 rings (SSSR count). The molecule has 2 N–H and O–H groups in total. The van der Waals surface area contributed by atoms with Crippen LogP contribution in [0.5, 0.6) is 0 Å². The highest BCUT2D eigenvalue weighted by Crippen LogP contribution is 2.43. The number of rotatable bonds is 2. The summed E-state index contributed by atoms with van der Waals surface area (Å²) in [5.41, 5.74) is 10.1. The van der Waals surface area contributed by atoms with Gasteiger partial charge < -0.3 is 10.5 Å². The molecule has 20 heavy (non-hydrogen) atoms. The molecule has 0 bridgehead atoms. The summed E-state index contributed by atoms with van der Waals surface area (Å²) in [4.78, 5) is 4.60. The van der Waals surface area contributed by atoms with Crippen LogP contribution in [-0.4, -0.2) is 28.7 Å². The maximum absolute atomic E-state index is 6.55. The van der Waals surface area contributed by atoms with E-state index in [2.05, 4.69) is 24.9 Å². The second kappa shape index (κ2) is 5.66. The van der Waals surface area contributed by atoms with Crippen LogP contribution in [0.25, 0.3) is 0 Å². The summed E-state index contributed by atoms with van der Waals surface area (Å²) in [5, 5.41) is 0. The zero-order chi connectivity index (χ0) is 14.2. The third kappa shape index (κ3) is 2.74. The maximum atomic E-state index is 6.55. The van der Waals surface area contributed by atoms with Crippen LogP contribution in [0.3, 0.4) is 0 Å². The van der Waals surface area contributed by atoms with Crippen molar-refractivity contribution in [2.24, 2.45) is 11.7 Å². The van der Waals surface area contributed by atoms with Gasteiger partial charge in [-0.05, 0) is 55.9 Å². The van der Waals surface area contributed by atoms with E-state index in [-0.39, 0.29) is 11.6 Å². The Labute approximate surface area is 125 Å². The van der Waals surface area contributed by atoms with Gasteiger partial charge in [-0.25, -0.2) is 0 Å². The van der Waals surface area contributed by atoms with Gasteiger partial charge in [0.2, 0.25) is 0 Å². The molecule has 1 spiro atoms. The molecule has 0 aromatic carbocycles. The van der Waals surface area contributed by atoms with Crippen molar-refractivity contribution in [3.05, 3.63) is 29.1 Å². The van der Waals surface area contributed by atoms with Crippen LogP contribution in [0.15, 0.2) is 12.3 Å². The van der Waals surface area contributed by atoms with Crippen molar-refractivity contribution in [1.82, 2.24) is 4.98 Å². The first-order valence-electron chi connectivity index (χ1n) is 7.50. The van der Waals surface area contributed by atoms with Gasteiger partial charge >= 0.3 is 0 Å². The summed E-state index contributed by atoms with van der Waals surface area (Å²) >= 11 is 2.01. The summed E-state index contributed by atoms with van der Waals surface area (Å²) in [6.07, 6.45) is 5.27. The molecule has 110 valence electrons. The van der Waals surface area contributed by atoms with Crippen LogP contribution in [0.1, 0.15) is 42.1 Å². The van der Waals surface area contributed by atoms with Crippen LogP contribution in [-0.2, 0) is 4.74 Å². The van der Waals surface area contributed by atoms with Gasteiger partial charge in [-0.2, -0.15) is 11.8 Å². The molecule has 2 saturated heterocycles. The third-order valence-corrected chi connectivity index (χ3v) is 5.90. The Balaban J connectivity index is 1.77. The Morgan fingerprint density at radius 1 is 1.50 bits per heavy atom. The zero-order valence-corrected chi connectivity index (χ0v) is 13.2.